The largest absolute Gasteiger partial charge is 0.414 e. The molecule has 1 aliphatic rings. The van der Waals surface area contributed by atoms with Crippen LogP contribution in [0.4, 0.5) is 10.5 Å². The third kappa shape index (κ3) is 3.01. The van der Waals surface area contributed by atoms with E-state index in [2.05, 4.69) is 29.6 Å². The predicted molar refractivity (Wildman–Crippen MR) is 106 cm³/mol. The molecule has 1 aliphatic heterocycles. The third-order valence-electron chi connectivity index (χ3n) is 5.22. The summed E-state index contributed by atoms with van der Waals surface area (Å²) in [4.78, 5) is 18.4. The van der Waals surface area contributed by atoms with Crippen molar-refractivity contribution in [3.63, 3.8) is 0 Å². The van der Waals surface area contributed by atoms with E-state index in [0.717, 1.165) is 41.1 Å². The van der Waals surface area contributed by atoms with Gasteiger partial charge in [-0.05, 0) is 32.3 Å². The van der Waals surface area contributed by atoms with Crippen LogP contribution < -0.4 is 10.1 Å². The zero-order chi connectivity index (χ0) is 19.1. The second kappa shape index (κ2) is 6.61. The third-order valence-corrected chi connectivity index (χ3v) is 5.22. The number of hydrogen-bond acceptors (Lipinski definition) is 4. The topological polar surface area (TPSA) is 58.9 Å². The fourth-order valence-corrected chi connectivity index (χ4v) is 3.56. The van der Waals surface area contributed by atoms with Crippen LogP contribution in [0.25, 0.3) is 5.65 Å². The molecule has 0 unspecified atom stereocenters. The average molecular weight is 364 g/mol. The van der Waals surface area contributed by atoms with E-state index in [1.54, 1.807) is 14.1 Å². The van der Waals surface area contributed by atoms with Crippen LogP contribution in [0, 0.1) is 13.8 Å². The van der Waals surface area contributed by atoms with E-state index in [9.17, 15) is 4.79 Å². The quantitative estimate of drug-likeness (QED) is 0.743. The molecule has 140 valence electrons. The van der Waals surface area contributed by atoms with Crippen LogP contribution in [0.2, 0.25) is 0 Å². The Balaban J connectivity index is 1.83. The zero-order valence-electron chi connectivity index (χ0n) is 16.1. The number of rotatable bonds is 2. The molecular weight excluding hydrogens is 340 g/mol. The number of carbonyl (C=O) groups is 1. The van der Waals surface area contributed by atoms with Crippen molar-refractivity contribution in [1.29, 1.82) is 0 Å². The van der Waals surface area contributed by atoms with Gasteiger partial charge in [0.25, 0.3) is 0 Å². The fourth-order valence-electron chi connectivity index (χ4n) is 3.56. The second-order valence-corrected chi connectivity index (χ2v) is 7.23. The standard InChI is InChI=1S/C21H24N4O2/c1-13-14(2)25-12-18(27-21(26)24(3)4)16-10-11-17(15-8-6-5-7-9-15)23-19(16)20(25)22-13/h5-9,12,17,23H,10-11H2,1-4H3/t17-/m0/s1. The van der Waals surface area contributed by atoms with Gasteiger partial charge in [0.2, 0.25) is 0 Å². The first-order chi connectivity index (χ1) is 13.0. The number of ether oxygens (including phenoxy) is 1. The molecule has 0 radical (unpaired) electrons. The van der Waals surface area contributed by atoms with Crippen LogP contribution in [0.5, 0.6) is 5.75 Å². The average Bonchev–Trinajstić information content (AvgIpc) is 2.96. The Morgan fingerprint density at radius 2 is 2.00 bits per heavy atom. The molecule has 1 amide bonds. The molecular formula is C21H24N4O2. The van der Waals surface area contributed by atoms with Gasteiger partial charge in [-0.15, -0.1) is 0 Å². The summed E-state index contributed by atoms with van der Waals surface area (Å²) in [6.07, 6.45) is 3.25. The molecule has 27 heavy (non-hydrogen) atoms. The molecule has 0 spiro atoms. The van der Waals surface area contributed by atoms with Crippen molar-refractivity contribution in [2.45, 2.75) is 32.7 Å². The van der Waals surface area contributed by atoms with E-state index in [1.165, 1.54) is 10.5 Å². The Hall–Kier alpha value is -3.02. The minimum absolute atomic E-state index is 0.208. The number of hydrogen-bond donors (Lipinski definition) is 1. The lowest BCUT2D eigenvalue weighted by atomic mass is 9.93. The molecule has 4 rings (SSSR count). The van der Waals surface area contributed by atoms with E-state index in [-0.39, 0.29) is 12.1 Å². The highest BCUT2D eigenvalue weighted by atomic mass is 16.6. The molecule has 1 atom stereocenters. The Morgan fingerprint density at radius 1 is 1.26 bits per heavy atom. The van der Waals surface area contributed by atoms with Crippen LogP contribution in [-0.2, 0) is 6.42 Å². The maximum absolute atomic E-state index is 12.2. The molecule has 0 fully saturated rings. The highest BCUT2D eigenvalue weighted by Crippen LogP contribution is 2.40. The Bertz CT molecular complexity index is 1010. The van der Waals surface area contributed by atoms with Gasteiger partial charge in [-0.3, -0.25) is 4.40 Å². The van der Waals surface area contributed by atoms with E-state index in [4.69, 9.17) is 9.72 Å². The number of anilines is 1. The number of amides is 1. The van der Waals surface area contributed by atoms with Crippen molar-refractivity contribution in [2.24, 2.45) is 0 Å². The van der Waals surface area contributed by atoms with Gasteiger partial charge in [0, 0.05) is 25.4 Å². The van der Waals surface area contributed by atoms with Crippen molar-refractivity contribution >= 4 is 17.4 Å². The first kappa shape index (κ1) is 17.4. The summed E-state index contributed by atoms with van der Waals surface area (Å²) in [5.74, 6) is 0.593. The first-order valence-electron chi connectivity index (χ1n) is 9.17. The first-order valence-corrected chi connectivity index (χ1v) is 9.17. The lowest BCUT2D eigenvalue weighted by Crippen LogP contribution is -2.27. The van der Waals surface area contributed by atoms with E-state index >= 15 is 0 Å². The number of carbonyl (C=O) groups excluding carboxylic acids is 1. The molecule has 0 saturated carbocycles. The zero-order valence-corrected chi connectivity index (χ0v) is 16.1. The highest BCUT2D eigenvalue weighted by Gasteiger charge is 2.27. The summed E-state index contributed by atoms with van der Waals surface area (Å²) in [6, 6.07) is 10.6. The molecule has 6 heteroatoms. The lowest BCUT2D eigenvalue weighted by molar-refractivity contribution is 0.171. The van der Waals surface area contributed by atoms with Crippen LogP contribution in [-0.4, -0.2) is 34.5 Å². The maximum Gasteiger partial charge on any atom is 0.414 e. The van der Waals surface area contributed by atoms with Crippen molar-refractivity contribution in [1.82, 2.24) is 14.3 Å². The van der Waals surface area contributed by atoms with Crippen molar-refractivity contribution in [2.75, 3.05) is 19.4 Å². The summed E-state index contributed by atoms with van der Waals surface area (Å²) in [5.41, 5.74) is 6.10. The van der Waals surface area contributed by atoms with Gasteiger partial charge in [-0.1, -0.05) is 30.3 Å². The molecule has 0 bridgehead atoms. The number of fused-ring (bicyclic) bond motifs is 3. The van der Waals surface area contributed by atoms with Crippen LogP contribution in [0.3, 0.4) is 0 Å². The predicted octanol–water partition coefficient (Wildman–Crippen LogP) is 4.11. The number of aromatic nitrogens is 2. The van der Waals surface area contributed by atoms with Gasteiger partial charge in [0.15, 0.2) is 11.4 Å². The normalized spacial score (nSPS) is 15.9. The van der Waals surface area contributed by atoms with E-state index < -0.39 is 0 Å². The van der Waals surface area contributed by atoms with Gasteiger partial charge in [-0.2, -0.15) is 0 Å². The highest BCUT2D eigenvalue weighted by molar-refractivity contribution is 5.79. The number of nitrogens with zero attached hydrogens (tertiary/aromatic N) is 3. The van der Waals surface area contributed by atoms with Gasteiger partial charge in [0.1, 0.15) is 0 Å². The van der Waals surface area contributed by atoms with Crippen LogP contribution in [0.1, 0.15) is 35.0 Å². The van der Waals surface area contributed by atoms with Crippen molar-refractivity contribution in [3.8, 4) is 5.75 Å². The maximum atomic E-state index is 12.2. The second-order valence-electron chi connectivity index (χ2n) is 7.23. The molecule has 0 aliphatic carbocycles. The van der Waals surface area contributed by atoms with Gasteiger partial charge in [0.05, 0.1) is 23.6 Å². The number of imidazole rings is 1. The smallest absolute Gasteiger partial charge is 0.408 e. The van der Waals surface area contributed by atoms with Crippen molar-refractivity contribution < 1.29 is 9.53 Å². The molecule has 3 heterocycles. The molecule has 2 aromatic heterocycles. The number of nitrogens with one attached hydrogen (secondary N) is 1. The van der Waals surface area contributed by atoms with Crippen molar-refractivity contribution in [3.05, 3.63) is 59.0 Å². The van der Waals surface area contributed by atoms with Crippen LogP contribution in [0.15, 0.2) is 36.5 Å². The molecule has 6 nitrogen and oxygen atoms in total. The Morgan fingerprint density at radius 3 is 2.70 bits per heavy atom. The number of aryl methyl sites for hydroxylation is 2. The minimum atomic E-state index is -0.378. The molecule has 0 saturated heterocycles. The van der Waals surface area contributed by atoms with Gasteiger partial charge >= 0.3 is 6.09 Å². The SMILES string of the molecule is Cc1nc2c3c(c(OC(=O)N(C)C)cn2c1C)CC[C@@H](c1ccccc1)N3. The Labute approximate surface area is 158 Å². The fraction of sp³-hybridized carbons (Fsp3) is 0.333. The number of benzene rings is 1. The van der Waals surface area contributed by atoms with E-state index in [0.29, 0.717) is 5.75 Å². The molecule has 1 N–H and O–H groups in total. The summed E-state index contributed by atoms with van der Waals surface area (Å²) in [6.45, 7) is 4.02. The van der Waals surface area contributed by atoms with Gasteiger partial charge in [-0.25, -0.2) is 9.78 Å². The monoisotopic (exact) mass is 364 g/mol. The summed E-state index contributed by atoms with van der Waals surface area (Å²) in [5, 5.41) is 3.65. The van der Waals surface area contributed by atoms with Crippen LogP contribution >= 0.6 is 0 Å². The minimum Gasteiger partial charge on any atom is -0.408 e. The molecule has 1 aromatic carbocycles. The van der Waals surface area contributed by atoms with Gasteiger partial charge < -0.3 is 15.0 Å². The summed E-state index contributed by atoms with van der Waals surface area (Å²) >= 11 is 0. The molecule has 3 aromatic rings. The summed E-state index contributed by atoms with van der Waals surface area (Å²) in [7, 11) is 3.37. The lowest BCUT2D eigenvalue weighted by Gasteiger charge is -2.29. The Kier molecular flexibility index (Phi) is 4.26. The van der Waals surface area contributed by atoms with E-state index in [1.807, 2.05) is 30.5 Å². The summed E-state index contributed by atoms with van der Waals surface area (Å²) < 4.78 is 7.69. The number of pyridine rings is 1.